The highest BCUT2D eigenvalue weighted by molar-refractivity contribution is 5.79. The molecule has 1 aliphatic carbocycles. The van der Waals surface area contributed by atoms with Crippen LogP contribution in [-0.2, 0) is 9.53 Å². The lowest BCUT2D eigenvalue weighted by Gasteiger charge is -2.20. The van der Waals surface area contributed by atoms with Crippen molar-refractivity contribution in [2.24, 2.45) is 17.6 Å². The molecule has 14 heavy (non-hydrogen) atoms. The predicted molar refractivity (Wildman–Crippen MR) is 48.6 cm³/mol. The molecule has 0 amide bonds. The first kappa shape index (κ1) is 8.44. The van der Waals surface area contributed by atoms with E-state index in [1.165, 1.54) is 0 Å². The van der Waals surface area contributed by atoms with Crippen LogP contribution in [0, 0.1) is 11.8 Å². The Balaban J connectivity index is 1.88. The maximum absolute atomic E-state index is 11.0. The Labute approximate surface area is 81.7 Å². The number of hydrogen-bond acceptors (Lipinski definition) is 3. The van der Waals surface area contributed by atoms with Crippen LogP contribution in [0.15, 0.2) is 12.2 Å². The van der Waals surface area contributed by atoms with Crippen molar-refractivity contribution in [3.05, 3.63) is 12.2 Å². The minimum absolute atomic E-state index is 0.120. The number of carboxylic acids is 1. The summed E-state index contributed by atoms with van der Waals surface area (Å²) in [6.45, 7) is 0. The maximum Gasteiger partial charge on any atom is 0.323 e. The van der Waals surface area contributed by atoms with Gasteiger partial charge in [-0.3, -0.25) is 4.79 Å². The van der Waals surface area contributed by atoms with E-state index in [-0.39, 0.29) is 12.2 Å². The van der Waals surface area contributed by atoms with Crippen molar-refractivity contribution < 1.29 is 14.6 Å². The summed E-state index contributed by atoms with van der Waals surface area (Å²) in [5, 5.41) is 9.03. The average Bonchev–Trinajstić information content (AvgIpc) is 2.72. The number of aliphatic carboxylic acids is 1. The molecule has 2 bridgehead atoms. The molecule has 3 rings (SSSR count). The Morgan fingerprint density at radius 2 is 1.86 bits per heavy atom. The van der Waals surface area contributed by atoms with Crippen molar-refractivity contribution >= 4 is 5.97 Å². The molecule has 0 radical (unpaired) electrons. The van der Waals surface area contributed by atoms with Crippen molar-refractivity contribution in [1.82, 2.24) is 0 Å². The van der Waals surface area contributed by atoms with Gasteiger partial charge in [-0.15, -0.1) is 0 Å². The van der Waals surface area contributed by atoms with Crippen LogP contribution in [0.4, 0.5) is 0 Å². The van der Waals surface area contributed by atoms with Crippen molar-refractivity contribution in [1.29, 1.82) is 0 Å². The van der Waals surface area contributed by atoms with E-state index in [2.05, 4.69) is 0 Å². The van der Waals surface area contributed by atoms with Gasteiger partial charge in [-0.25, -0.2) is 0 Å². The van der Waals surface area contributed by atoms with Gasteiger partial charge in [0, 0.05) is 0 Å². The third kappa shape index (κ3) is 0.875. The van der Waals surface area contributed by atoms with E-state index < -0.39 is 11.5 Å². The molecule has 0 spiro atoms. The molecule has 3 aliphatic rings. The van der Waals surface area contributed by atoms with E-state index in [4.69, 9.17) is 15.6 Å². The molecule has 76 valence electrons. The van der Waals surface area contributed by atoms with Gasteiger partial charge >= 0.3 is 5.97 Å². The van der Waals surface area contributed by atoms with Crippen molar-refractivity contribution in [3.8, 4) is 0 Å². The van der Waals surface area contributed by atoms with Gasteiger partial charge in [-0.2, -0.15) is 0 Å². The zero-order valence-electron chi connectivity index (χ0n) is 7.72. The van der Waals surface area contributed by atoms with Crippen LogP contribution in [0.1, 0.15) is 12.8 Å². The first-order valence-corrected chi connectivity index (χ1v) is 4.96. The average molecular weight is 195 g/mol. The Morgan fingerprint density at radius 1 is 1.36 bits per heavy atom. The smallest absolute Gasteiger partial charge is 0.323 e. The Morgan fingerprint density at radius 3 is 2.29 bits per heavy atom. The van der Waals surface area contributed by atoms with E-state index >= 15 is 0 Å². The normalized spacial score (nSPS) is 53.8. The Kier molecular flexibility index (Phi) is 1.43. The van der Waals surface area contributed by atoms with Gasteiger partial charge in [-0.1, -0.05) is 12.2 Å². The molecule has 3 N–H and O–H groups in total. The minimum atomic E-state index is -1.01. The molecule has 0 aromatic carbocycles. The van der Waals surface area contributed by atoms with E-state index in [1.54, 1.807) is 0 Å². The molecule has 2 aliphatic heterocycles. The first-order valence-electron chi connectivity index (χ1n) is 4.96. The second-order valence-corrected chi connectivity index (χ2v) is 4.65. The molecule has 4 atom stereocenters. The van der Waals surface area contributed by atoms with Gasteiger partial charge in [0.1, 0.15) is 5.54 Å². The fourth-order valence-electron chi connectivity index (χ4n) is 3.10. The number of carbonyl (C=O) groups is 1. The van der Waals surface area contributed by atoms with Crippen LogP contribution in [-0.4, -0.2) is 28.8 Å². The molecule has 1 saturated carbocycles. The summed E-state index contributed by atoms with van der Waals surface area (Å²) in [5.41, 5.74) is 4.85. The van der Waals surface area contributed by atoms with Crippen LogP contribution in [0.25, 0.3) is 0 Å². The van der Waals surface area contributed by atoms with Gasteiger partial charge in [-0.05, 0) is 24.7 Å². The van der Waals surface area contributed by atoms with Crippen LogP contribution >= 0.6 is 0 Å². The Bertz CT molecular complexity index is 305. The zero-order chi connectivity index (χ0) is 9.92. The van der Waals surface area contributed by atoms with Gasteiger partial charge in [0.05, 0.1) is 12.2 Å². The molecule has 4 heteroatoms. The predicted octanol–water partition coefficient (Wildman–Crippen LogP) is 0.132. The van der Waals surface area contributed by atoms with Crippen LogP contribution in [0.5, 0.6) is 0 Å². The Hall–Kier alpha value is -0.870. The van der Waals surface area contributed by atoms with E-state index in [9.17, 15) is 4.79 Å². The number of rotatable bonds is 1. The molecular formula is C10H13NO3. The third-order valence-electron chi connectivity index (χ3n) is 3.82. The van der Waals surface area contributed by atoms with E-state index in [0.717, 1.165) is 0 Å². The van der Waals surface area contributed by atoms with E-state index in [1.807, 2.05) is 12.2 Å². The van der Waals surface area contributed by atoms with Crippen molar-refractivity contribution in [2.75, 3.05) is 0 Å². The summed E-state index contributed by atoms with van der Waals surface area (Å²) in [7, 11) is 0. The monoisotopic (exact) mass is 195 g/mol. The summed E-state index contributed by atoms with van der Waals surface area (Å²) in [4.78, 5) is 11.0. The maximum atomic E-state index is 11.0. The molecule has 2 fully saturated rings. The van der Waals surface area contributed by atoms with Gasteiger partial charge < -0.3 is 15.6 Å². The van der Waals surface area contributed by atoms with Crippen molar-refractivity contribution in [2.45, 2.75) is 30.6 Å². The molecule has 4 unspecified atom stereocenters. The number of nitrogens with two attached hydrogens (primary N) is 1. The SMILES string of the molecule is NC1(C(=O)O)CC2C3C=CC(O3)C2C1. The van der Waals surface area contributed by atoms with Crippen molar-refractivity contribution in [3.63, 3.8) is 0 Å². The molecule has 0 aromatic heterocycles. The molecule has 2 heterocycles. The standard InChI is InChI=1S/C10H13NO3/c11-10(9(12)13)3-5-6(4-10)8-2-1-7(5)14-8/h1-2,5-8H,3-4,11H2,(H,12,13). The number of fused-ring (bicyclic) bond motifs is 5. The highest BCUT2D eigenvalue weighted by Crippen LogP contribution is 2.51. The lowest BCUT2D eigenvalue weighted by Crippen LogP contribution is -2.46. The fraction of sp³-hybridized carbons (Fsp3) is 0.700. The zero-order valence-corrected chi connectivity index (χ0v) is 7.72. The molecule has 0 aromatic rings. The lowest BCUT2D eigenvalue weighted by molar-refractivity contribution is -0.143. The number of ether oxygens (including phenoxy) is 1. The minimum Gasteiger partial charge on any atom is -0.480 e. The second kappa shape index (κ2) is 2.38. The highest BCUT2D eigenvalue weighted by atomic mass is 16.5. The summed E-state index contributed by atoms with van der Waals surface area (Å²) in [6.07, 6.45) is 5.43. The second-order valence-electron chi connectivity index (χ2n) is 4.65. The molecule has 4 nitrogen and oxygen atoms in total. The molecular weight excluding hydrogens is 182 g/mol. The first-order chi connectivity index (χ1) is 6.60. The summed E-state index contributed by atoms with van der Waals surface area (Å²) in [6, 6.07) is 0. The highest BCUT2D eigenvalue weighted by Gasteiger charge is 2.57. The van der Waals surface area contributed by atoms with Crippen LogP contribution in [0.2, 0.25) is 0 Å². The molecule has 1 saturated heterocycles. The van der Waals surface area contributed by atoms with E-state index in [0.29, 0.717) is 24.7 Å². The van der Waals surface area contributed by atoms with Gasteiger partial charge in [0.25, 0.3) is 0 Å². The number of carboxylic acid groups (broad SMARTS) is 1. The van der Waals surface area contributed by atoms with Crippen LogP contribution < -0.4 is 5.73 Å². The van der Waals surface area contributed by atoms with Gasteiger partial charge in [0.2, 0.25) is 0 Å². The topological polar surface area (TPSA) is 72.6 Å². The summed E-state index contributed by atoms with van der Waals surface area (Å²) < 4.78 is 5.65. The third-order valence-corrected chi connectivity index (χ3v) is 3.82. The quantitative estimate of drug-likeness (QED) is 0.583. The largest absolute Gasteiger partial charge is 0.480 e. The van der Waals surface area contributed by atoms with Gasteiger partial charge in [0.15, 0.2) is 0 Å². The lowest BCUT2D eigenvalue weighted by atomic mass is 9.86. The number of hydrogen-bond donors (Lipinski definition) is 2. The summed E-state index contributed by atoms with van der Waals surface area (Å²) >= 11 is 0. The fourth-order valence-corrected chi connectivity index (χ4v) is 3.10. The van der Waals surface area contributed by atoms with Crippen LogP contribution in [0.3, 0.4) is 0 Å². The summed E-state index contributed by atoms with van der Waals surface area (Å²) in [5.74, 6) is -0.219.